The van der Waals surface area contributed by atoms with Crippen molar-refractivity contribution < 1.29 is 0 Å². The molecule has 0 radical (unpaired) electrons. The average Bonchev–Trinajstić information content (AvgIpc) is 2.81. The maximum absolute atomic E-state index is 4.42. The molecule has 0 saturated carbocycles. The normalized spacial score (nSPS) is 11.1. The summed E-state index contributed by atoms with van der Waals surface area (Å²) in [5.41, 5.74) is 6.21. The topological polar surface area (TPSA) is 29.9 Å². The average molecular weight is 265 g/mol. The lowest BCUT2D eigenvalue weighted by Gasteiger charge is -2.06. The number of aromatic nitrogens is 2. The summed E-state index contributed by atoms with van der Waals surface area (Å²) in [4.78, 5) is 4.42. The van der Waals surface area contributed by atoms with Crippen LogP contribution in [0.15, 0.2) is 48.8 Å². The zero-order chi connectivity index (χ0) is 13.9. The molecular weight excluding hydrogens is 246 g/mol. The van der Waals surface area contributed by atoms with Gasteiger partial charge in [-0.3, -0.25) is 0 Å². The maximum atomic E-state index is 4.42. The molecule has 0 saturated heterocycles. The zero-order valence-corrected chi connectivity index (χ0v) is 11.9. The van der Waals surface area contributed by atoms with Gasteiger partial charge in [-0.05, 0) is 42.3 Å². The minimum Gasteiger partial charge on any atom is -0.334 e. The monoisotopic (exact) mass is 265 g/mol. The predicted octanol–water partition coefficient (Wildman–Crippen LogP) is 2.88. The molecule has 3 rings (SSSR count). The Bertz CT molecular complexity index is 728. The maximum Gasteiger partial charge on any atom is 0.0955 e. The molecule has 0 aliphatic rings. The van der Waals surface area contributed by atoms with Gasteiger partial charge in [0, 0.05) is 13.6 Å². The van der Waals surface area contributed by atoms with E-state index in [-0.39, 0.29) is 0 Å². The standard InChI is InChI=1S/C17H19N3/c1-18-11-15-5-3-4-13(9-15)8-14-6-7-17-16(10-14)19-12-20(17)2/h3-7,9-10,12,18H,8,11H2,1-2H3. The van der Waals surface area contributed by atoms with Crippen molar-refractivity contribution in [1.82, 2.24) is 14.9 Å². The van der Waals surface area contributed by atoms with Crippen molar-refractivity contribution in [3.05, 3.63) is 65.5 Å². The summed E-state index contributed by atoms with van der Waals surface area (Å²) in [5.74, 6) is 0. The molecule has 0 atom stereocenters. The summed E-state index contributed by atoms with van der Waals surface area (Å²) in [7, 11) is 4.00. The lowest BCUT2D eigenvalue weighted by molar-refractivity contribution is 0.816. The fourth-order valence-corrected chi connectivity index (χ4v) is 2.58. The number of nitrogens with zero attached hydrogens (tertiary/aromatic N) is 2. The van der Waals surface area contributed by atoms with Crippen molar-refractivity contribution in [1.29, 1.82) is 0 Å². The van der Waals surface area contributed by atoms with Crippen LogP contribution >= 0.6 is 0 Å². The van der Waals surface area contributed by atoms with Crippen molar-refractivity contribution in [2.45, 2.75) is 13.0 Å². The number of fused-ring (bicyclic) bond motifs is 1. The van der Waals surface area contributed by atoms with E-state index in [1.165, 1.54) is 22.2 Å². The minimum absolute atomic E-state index is 0.910. The van der Waals surface area contributed by atoms with Gasteiger partial charge in [0.15, 0.2) is 0 Å². The molecule has 3 nitrogen and oxygen atoms in total. The van der Waals surface area contributed by atoms with Crippen LogP contribution in [-0.2, 0) is 20.0 Å². The highest BCUT2D eigenvalue weighted by Gasteiger charge is 2.03. The molecule has 0 fully saturated rings. The molecule has 3 aromatic rings. The van der Waals surface area contributed by atoms with E-state index in [0.29, 0.717) is 0 Å². The lowest BCUT2D eigenvalue weighted by Crippen LogP contribution is -2.05. The fourth-order valence-electron chi connectivity index (χ4n) is 2.58. The van der Waals surface area contributed by atoms with Crippen LogP contribution in [0.2, 0.25) is 0 Å². The van der Waals surface area contributed by atoms with E-state index in [9.17, 15) is 0 Å². The zero-order valence-electron chi connectivity index (χ0n) is 11.9. The van der Waals surface area contributed by atoms with E-state index >= 15 is 0 Å². The molecule has 0 amide bonds. The smallest absolute Gasteiger partial charge is 0.0955 e. The van der Waals surface area contributed by atoms with Crippen molar-refractivity contribution in [3.8, 4) is 0 Å². The summed E-state index contributed by atoms with van der Waals surface area (Å²) in [6.45, 7) is 0.910. The van der Waals surface area contributed by atoms with Crippen molar-refractivity contribution in [3.63, 3.8) is 0 Å². The van der Waals surface area contributed by atoms with Gasteiger partial charge >= 0.3 is 0 Å². The Morgan fingerprint density at radius 1 is 1.05 bits per heavy atom. The first-order valence-corrected chi connectivity index (χ1v) is 6.88. The van der Waals surface area contributed by atoms with Gasteiger partial charge in [-0.1, -0.05) is 30.3 Å². The summed E-state index contributed by atoms with van der Waals surface area (Å²) in [5, 5.41) is 3.19. The Morgan fingerprint density at radius 3 is 2.70 bits per heavy atom. The highest BCUT2D eigenvalue weighted by molar-refractivity contribution is 5.76. The number of hydrogen-bond donors (Lipinski definition) is 1. The van der Waals surface area contributed by atoms with Crippen molar-refractivity contribution in [2.24, 2.45) is 7.05 Å². The first-order valence-electron chi connectivity index (χ1n) is 6.88. The number of aryl methyl sites for hydroxylation is 1. The van der Waals surface area contributed by atoms with Crippen LogP contribution in [0, 0.1) is 0 Å². The molecule has 1 N–H and O–H groups in total. The number of imidazole rings is 1. The molecule has 0 spiro atoms. The van der Waals surface area contributed by atoms with Crippen LogP contribution in [0.1, 0.15) is 16.7 Å². The van der Waals surface area contributed by atoms with Gasteiger partial charge in [-0.25, -0.2) is 4.98 Å². The quantitative estimate of drug-likeness (QED) is 0.786. The molecule has 0 aliphatic heterocycles. The Labute approximate surface area is 119 Å². The predicted molar refractivity (Wildman–Crippen MR) is 82.7 cm³/mol. The second kappa shape index (κ2) is 5.47. The van der Waals surface area contributed by atoms with E-state index in [1.54, 1.807) is 0 Å². The first-order chi connectivity index (χ1) is 9.76. The first kappa shape index (κ1) is 12.9. The van der Waals surface area contributed by atoms with E-state index in [1.807, 2.05) is 25.0 Å². The molecule has 0 bridgehead atoms. The minimum atomic E-state index is 0.910. The third kappa shape index (κ3) is 2.58. The van der Waals surface area contributed by atoms with Crippen LogP contribution in [0.25, 0.3) is 11.0 Å². The van der Waals surface area contributed by atoms with Gasteiger partial charge in [0.25, 0.3) is 0 Å². The lowest BCUT2D eigenvalue weighted by atomic mass is 10.0. The van der Waals surface area contributed by atoms with Gasteiger partial charge < -0.3 is 9.88 Å². The van der Waals surface area contributed by atoms with E-state index < -0.39 is 0 Å². The van der Waals surface area contributed by atoms with E-state index in [2.05, 4.69) is 52.8 Å². The van der Waals surface area contributed by atoms with Gasteiger partial charge in [0.2, 0.25) is 0 Å². The molecule has 0 aliphatic carbocycles. The third-order valence-electron chi connectivity index (χ3n) is 3.57. The summed E-state index contributed by atoms with van der Waals surface area (Å²) < 4.78 is 2.05. The molecule has 1 heterocycles. The molecular formula is C17H19N3. The van der Waals surface area contributed by atoms with Crippen LogP contribution in [0.3, 0.4) is 0 Å². The Balaban J connectivity index is 1.86. The fraction of sp³-hybridized carbons (Fsp3) is 0.235. The van der Waals surface area contributed by atoms with Crippen LogP contribution in [-0.4, -0.2) is 16.6 Å². The van der Waals surface area contributed by atoms with Gasteiger partial charge in [0.05, 0.1) is 17.4 Å². The molecule has 0 unspecified atom stereocenters. The molecule has 3 heteroatoms. The van der Waals surface area contributed by atoms with E-state index in [4.69, 9.17) is 0 Å². The van der Waals surface area contributed by atoms with Gasteiger partial charge in [-0.15, -0.1) is 0 Å². The second-order valence-electron chi connectivity index (χ2n) is 5.21. The number of nitrogens with one attached hydrogen (secondary N) is 1. The van der Waals surface area contributed by atoms with Gasteiger partial charge in [0.1, 0.15) is 0 Å². The Kier molecular flexibility index (Phi) is 3.52. The molecule has 1 aromatic heterocycles. The second-order valence-corrected chi connectivity index (χ2v) is 5.21. The molecule has 102 valence electrons. The highest BCUT2D eigenvalue weighted by Crippen LogP contribution is 2.17. The summed E-state index contributed by atoms with van der Waals surface area (Å²) in [6, 6.07) is 15.2. The van der Waals surface area contributed by atoms with E-state index in [0.717, 1.165) is 18.5 Å². The third-order valence-corrected chi connectivity index (χ3v) is 3.57. The van der Waals surface area contributed by atoms with Crippen LogP contribution in [0.5, 0.6) is 0 Å². The van der Waals surface area contributed by atoms with Crippen LogP contribution in [0.4, 0.5) is 0 Å². The largest absolute Gasteiger partial charge is 0.334 e. The number of benzene rings is 2. The molecule has 2 aromatic carbocycles. The number of rotatable bonds is 4. The van der Waals surface area contributed by atoms with Crippen molar-refractivity contribution in [2.75, 3.05) is 7.05 Å². The number of hydrogen-bond acceptors (Lipinski definition) is 2. The van der Waals surface area contributed by atoms with Gasteiger partial charge in [-0.2, -0.15) is 0 Å². The summed E-state index contributed by atoms with van der Waals surface area (Å²) >= 11 is 0. The Hall–Kier alpha value is -2.13. The Morgan fingerprint density at radius 2 is 1.85 bits per heavy atom. The highest BCUT2D eigenvalue weighted by atomic mass is 15.0. The molecule has 20 heavy (non-hydrogen) atoms. The summed E-state index contributed by atoms with van der Waals surface area (Å²) in [6.07, 6.45) is 2.81. The van der Waals surface area contributed by atoms with Crippen molar-refractivity contribution >= 4 is 11.0 Å². The SMILES string of the molecule is CNCc1cccc(Cc2ccc3c(c2)ncn3C)c1. The van der Waals surface area contributed by atoms with Crippen LogP contribution < -0.4 is 5.32 Å².